The van der Waals surface area contributed by atoms with Gasteiger partial charge >= 0.3 is 0 Å². The number of pyridine rings is 1. The molecular formula is C11H20N2S. The summed E-state index contributed by atoms with van der Waals surface area (Å²) < 4.78 is 0. The van der Waals surface area contributed by atoms with Gasteiger partial charge in [0.25, 0.3) is 0 Å². The first-order chi connectivity index (χ1) is 6.97. The summed E-state index contributed by atoms with van der Waals surface area (Å²) in [6, 6.07) is 4.07. The first kappa shape index (κ1) is 13.3. The predicted octanol–water partition coefficient (Wildman–Crippen LogP) is 3.65. The van der Waals surface area contributed by atoms with E-state index in [-0.39, 0.29) is 0 Å². The maximum absolute atomic E-state index is 4.19. The van der Waals surface area contributed by atoms with Gasteiger partial charge in [0.2, 0.25) is 0 Å². The van der Waals surface area contributed by atoms with Crippen molar-refractivity contribution >= 4 is 17.6 Å². The third kappa shape index (κ3) is 4.01. The highest BCUT2D eigenvalue weighted by Crippen LogP contribution is 2.27. The van der Waals surface area contributed by atoms with Crippen LogP contribution in [0, 0.1) is 0 Å². The van der Waals surface area contributed by atoms with Crippen LogP contribution in [-0.4, -0.2) is 17.3 Å². The highest BCUT2D eigenvalue weighted by molar-refractivity contribution is 7.99. The van der Waals surface area contributed by atoms with Gasteiger partial charge in [-0.3, -0.25) is 0 Å². The molecule has 0 aliphatic carbocycles. The van der Waals surface area contributed by atoms with E-state index in [0.717, 1.165) is 18.1 Å². The maximum Gasteiger partial charge on any atom is 0.139 e. The molecule has 0 amide bonds. The van der Waals surface area contributed by atoms with E-state index in [1.807, 2.05) is 51.7 Å². The molecule has 80 valence electrons. The zero-order chi connectivity index (χ0) is 10.8. The van der Waals surface area contributed by atoms with E-state index in [1.165, 1.54) is 4.90 Å². The van der Waals surface area contributed by atoms with E-state index in [0.29, 0.717) is 0 Å². The highest BCUT2D eigenvalue weighted by Gasteiger charge is 2.07. The Kier molecular flexibility index (Phi) is 8.43. The molecule has 0 spiro atoms. The first-order valence-corrected chi connectivity index (χ1v) is 6.27. The van der Waals surface area contributed by atoms with E-state index in [2.05, 4.69) is 16.4 Å². The Balaban J connectivity index is 0.000000379. The van der Waals surface area contributed by atoms with Gasteiger partial charge in [0.1, 0.15) is 5.82 Å². The Bertz CT molecular complexity index is 213. The zero-order valence-corrected chi connectivity index (χ0v) is 10.3. The normalized spacial score (nSPS) is 12.0. The second-order valence-corrected chi connectivity index (χ2v) is 3.26. The van der Waals surface area contributed by atoms with Crippen LogP contribution in [0.25, 0.3) is 0 Å². The van der Waals surface area contributed by atoms with Gasteiger partial charge in [0.15, 0.2) is 0 Å². The smallest absolute Gasteiger partial charge is 0.139 e. The average Bonchev–Trinajstić information content (AvgIpc) is 2.34. The Labute approximate surface area is 91.5 Å². The molecule has 1 aromatic heterocycles. The number of fused-ring (bicyclic) bond motifs is 1. The molecule has 0 fully saturated rings. The molecule has 0 saturated heterocycles. The van der Waals surface area contributed by atoms with E-state index in [9.17, 15) is 0 Å². The number of hydrogen-bond acceptors (Lipinski definition) is 3. The van der Waals surface area contributed by atoms with Crippen molar-refractivity contribution in [1.29, 1.82) is 0 Å². The van der Waals surface area contributed by atoms with Crippen LogP contribution < -0.4 is 5.32 Å². The topological polar surface area (TPSA) is 24.9 Å². The second-order valence-electron chi connectivity index (χ2n) is 2.13. The van der Waals surface area contributed by atoms with Gasteiger partial charge < -0.3 is 5.32 Å². The van der Waals surface area contributed by atoms with Gasteiger partial charge in [0.05, 0.1) is 0 Å². The molecule has 14 heavy (non-hydrogen) atoms. The number of nitrogens with zero attached hydrogens (tertiary/aromatic N) is 1. The number of aromatic nitrogens is 1. The average molecular weight is 212 g/mol. The van der Waals surface area contributed by atoms with Crippen LogP contribution in [0.3, 0.4) is 0 Å². The van der Waals surface area contributed by atoms with Gasteiger partial charge in [-0.15, -0.1) is 11.8 Å². The summed E-state index contributed by atoms with van der Waals surface area (Å²) in [4.78, 5) is 5.46. The van der Waals surface area contributed by atoms with E-state index >= 15 is 0 Å². The van der Waals surface area contributed by atoms with Crippen molar-refractivity contribution in [2.45, 2.75) is 32.6 Å². The lowest BCUT2D eigenvalue weighted by Crippen LogP contribution is -2.10. The molecule has 2 nitrogen and oxygen atoms in total. The minimum absolute atomic E-state index is 1.04. The molecule has 0 saturated carbocycles. The number of rotatable bonds is 0. The van der Waals surface area contributed by atoms with Crippen molar-refractivity contribution in [2.24, 2.45) is 0 Å². The van der Waals surface area contributed by atoms with Crippen LogP contribution in [0.5, 0.6) is 0 Å². The fourth-order valence-corrected chi connectivity index (χ4v) is 1.83. The van der Waals surface area contributed by atoms with Crippen molar-refractivity contribution in [1.82, 2.24) is 4.98 Å². The third-order valence-electron chi connectivity index (χ3n) is 1.42. The predicted molar refractivity (Wildman–Crippen MR) is 66.1 cm³/mol. The fraction of sp³-hybridized carbons (Fsp3) is 0.545. The molecule has 1 N–H and O–H groups in total. The van der Waals surface area contributed by atoms with Crippen molar-refractivity contribution in [3.63, 3.8) is 0 Å². The number of nitrogens with one attached hydrogen (secondary N) is 1. The molecule has 0 atom stereocenters. The number of anilines is 1. The first-order valence-electron chi connectivity index (χ1n) is 5.28. The van der Waals surface area contributed by atoms with Crippen molar-refractivity contribution in [3.8, 4) is 0 Å². The van der Waals surface area contributed by atoms with Crippen LogP contribution in [0.2, 0.25) is 0 Å². The van der Waals surface area contributed by atoms with Crippen molar-refractivity contribution in [3.05, 3.63) is 18.3 Å². The summed E-state index contributed by atoms with van der Waals surface area (Å²) >= 11 is 1.86. The van der Waals surface area contributed by atoms with Crippen LogP contribution in [0.15, 0.2) is 23.2 Å². The van der Waals surface area contributed by atoms with Gasteiger partial charge in [-0.1, -0.05) is 27.7 Å². The van der Waals surface area contributed by atoms with Crippen molar-refractivity contribution < 1.29 is 0 Å². The fourth-order valence-electron chi connectivity index (χ4n) is 0.970. The summed E-state index contributed by atoms with van der Waals surface area (Å²) in [6.45, 7) is 9.04. The molecule has 0 unspecified atom stereocenters. The molecule has 1 aromatic rings. The third-order valence-corrected chi connectivity index (χ3v) is 2.47. The maximum atomic E-state index is 4.19. The Morgan fingerprint density at radius 1 is 1.29 bits per heavy atom. The molecule has 1 aliphatic heterocycles. The molecule has 2 rings (SSSR count). The standard InChI is InChI=1S/C7H8N2S.2C2H6/c1-2-6-7(8-3-1)9-4-5-10-6;2*1-2/h1-3H,4-5H2,(H,8,9);2*1-2H3. The lowest BCUT2D eigenvalue weighted by atomic mass is 10.4. The molecule has 0 aromatic carbocycles. The zero-order valence-electron chi connectivity index (χ0n) is 9.50. The van der Waals surface area contributed by atoms with Gasteiger partial charge in [-0.2, -0.15) is 0 Å². The van der Waals surface area contributed by atoms with E-state index in [4.69, 9.17) is 0 Å². The summed E-state index contributed by atoms with van der Waals surface area (Å²) in [7, 11) is 0. The summed E-state index contributed by atoms with van der Waals surface area (Å²) in [6.07, 6.45) is 1.82. The van der Waals surface area contributed by atoms with Crippen LogP contribution in [-0.2, 0) is 0 Å². The number of hydrogen-bond donors (Lipinski definition) is 1. The monoisotopic (exact) mass is 212 g/mol. The molecular weight excluding hydrogens is 192 g/mol. The van der Waals surface area contributed by atoms with Crippen LogP contribution in [0.1, 0.15) is 27.7 Å². The summed E-state index contributed by atoms with van der Waals surface area (Å²) in [5.41, 5.74) is 0. The molecule has 1 aliphatic rings. The lowest BCUT2D eigenvalue weighted by molar-refractivity contribution is 1.10. The molecule has 0 radical (unpaired) electrons. The second kappa shape index (κ2) is 8.88. The molecule has 0 bridgehead atoms. The Morgan fingerprint density at radius 2 is 2.00 bits per heavy atom. The molecule has 3 heteroatoms. The van der Waals surface area contributed by atoms with Gasteiger partial charge in [0, 0.05) is 23.4 Å². The highest BCUT2D eigenvalue weighted by atomic mass is 32.2. The van der Waals surface area contributed by atoms with Gasteiger partial charge in [-0.05, 0) is 12.1 Å². The van der Waals surface area contributed by atoms with Gasteiger partial charge in [-0.25, -0.2) is 4.98 Å². The lowest BCUT2D eigenvalue weighted by Gasteiger charge is -2.14. The Hall–Kier alpha value is -0.700. The Morgan fingerprint density at radius 3 is 2.64 bits per heavy atom. The summed E-state index contributed by atoms with van der Waals surface area (Å²) in [5, 5.41) is 3.23. The molecule has 2 heterocycles. The van der Waals surface area contributed by atoms with E-state index in [1.54, 1.807) is 0 Å². The quantitative estimate of drug-likeness (QED) is 0.710. The number of thioether (sulfide) groups is 1. The van der Waals surface area contributed by atoms with E-state index < -0.39 is 0 Å². The van der Waals surface area contributed by atoms with Crippen LogP contribution >= 0.6 is 11.8 Å². The summed E-state index contributed by atoms with van der Waals surface area (Å²) in [5.74, 6) is 2.19. The largest absolute Gasteiger partial charge is 0.368 e. The van der Waals surface area contributed by atoms with Crippen molar-refractivity contribution in [2.75, 3.05) is 17.6 Å². The minimum atomic E-state index is 1.04. The van der Waals surface area contributed by atoms with Crippen LogP contribution in [0.4, 0.5) is 5.82 Å². The SMILES string of the molecule is CC.CC.c1cnc2c(c1)SCCN2. The minimum Gasteiger partial charge on any atom is -0.368 e.